The molecule has 1 saturated heterocycles. The van der Waals surface area contributed by atoms with Gasteiger partial charge in [0.2, 0.25) is 5.91 Å². The Balaban J connectivity index is 1.89. The topological polar surface area (TPSA) is 52.6 Å². The molecule has 128 valence electrons. The van der Waals surface area contributed by atoms with Crippen molar-refractivity contribution in [1.82, 2.24) is 10.2 Å². The van der Waals surface area contributed by atoms with Crippen LogP contribution in [0.3, 0.4) is 0 Å². The van der Waals surface area contributed by atoms with Crippen molar-refractivity contribution in [2.75, 3.05) is 19.6 Å². The predicted molar refractivity (Wildman–Crippen MR) is 93.1 cm³/mol. The fraction of sp³-hybridized carbons (Fsp3) is 0.632. The summed E-state index contributed by atoms with van der Waals surface area (Å²) in [5.74, 6) is 0.371. The summed E-state index contributed by atoms with van der Waals surface area (Å²) in [7, 11) is 0. The quantitative estimate of drug-likeness (QED) is 0.813. The van der Waals surface area contributed by atoms with Crippen LogP contribution in [0.4, 0.5) is 0 Å². The van der Waals surface area contributed by atoms with Gasteiger partial charge in [-0.15, -0.1) is 0 Å². The summed E-state index contributed by atoms with van der Waals surface area (Å²) in [5, 5.41) is 12.9. The number of rotatable bonds is 7. The van der Waals surface area contributed by atoms with Gasteiger partial charge in [0.1, 0.15) is 0 Å². The van der Waals surface area contributed by atoms with Crippen LogP contribution >= 0.6 is 0 Å². The molecule has 3 unspecified atom stereocenters. The van der Waals surface area contributed by atoms with Gasteiger partial charge in [-0.1, -0.05) is 43.7 Å². The molecule has 2 rings (SSSR count). The zero-order valence-electron chi connectivity index (χ0n) is 14.4. The minimum Gasteiger partial charge on any atom is -0.393 e. The maximum absolute atomic E-state index is 12.4. The number of nitrogens with one attached hydrogen (secondary N) is 1. The molecular formula is C19H30N2O2. The summed E-state index contributed by atoms with van der Waals surface area (Å²) in [6.45, 7) is 6.17. The fourth-order valence-electron chi connectivity index (χ4n) is 3.37. The van der Waals surface area contributed by atoms with E-state index in [1.807, 2.05) is 25.1 Å². The molecule has 3 atom stereocenters. The van der Waals surface area contributed by atoms with Crippen molar-refractivity contribution >= 4 is 5.91 Å². The number of likely N-dealkylation sites (tertiary alicyclic amines) is 1. The molecule has 0 bridgehead atoms. The summed E-state index contributed by atoms with van der Waals surface area (Å²) in [5.41, 5.74) is 1.17. The third kappa shape index (κ3) is 5.63. The second-order valence-corrected chi connectivity index (χ2v) is 6.70. The van der Waals surface area contributed by atoms with Crippen molar-refractivity contribution < 1.29 is 9.90 Å². The molecule has 1 aliphatic heterocycles. The van der Waals surface area contributed by atoms with E-state index in [1.165, 1.54) is 5.56 Å². The second-order valence-electron chi connectivity index (χ2n) is 6.70. The number of benzene rings is 1. The molecule has 0 aliphatic carbocycles. The van der Waals surface area contributed by atoms with E-state index < -0.39 is 0 Å². The predicted octanol–water partition coefficient (Wildman–Crippen LogP) is 2.74. The van der Waals surface area contributed by atoms with Gasteiger partial charge in [0.15, 0.2) is 0 Å². The molecule has 1 aromatic carbocycles. The Bertz CT molecular complexity index is 476. The largest absolute Gasteiger partial charge is 0.393 e. The lowest BCUT2D eigenvalue weighted by molar-refractivity contribution is -0.123. The van der Waals surface area contributed by atoms with Crippen LogP contribution in [0.1, 0.15) is 51.1 Å². The Kier molecular flexibility index (Phi) is 7.06. The summed E-state index contributed by atoms with van der Waals surface area (Å²) in [6, 6.07) is 10.3. The van der Waals surface area contributed by atoms with Gasteiger partial charge in [-0.2, -0.15) is 0 Å². The number of nitrogens with zero attached hydrogens (tertiary/aromatic N) is 1. The molecule has 4 heteroatoms. The first kappa shape index (κ1) is 18.0. The van der Waals surface area contributed by atoms with Gasteiger partial charge < -0.3 is 10.4 Å². The minimum atomic E-state index is -0.294. The highest BCUT2D eigenvalue weighted by atomic mass is 16.3. The molecular weight excluding hydrogens is 288 g/mol. The maximum Gasteiger partial charge on any atom is 0.234 e. The monoisotopic (exact) mass is 318 g/mol. The Hall–Kier alpha value is -1.39. The van der Waals surface area contributed by atoms with Crippen LogP contribution in [-0.4, -0.2) is 41.7 Å². The molecule has 0 radical (unpaired) electrons. The first-order valence-corrected chi connectivity index (χ1v) is 8.85. The SMILES string of the molecule is CCCC(NC(=O)CN1CCCC(C(C)O)C1)c1ccccc1. The Morgan fingerprint density at radius 3 is 2.78 bits per heavy atom. The number of aliphatic hydroxyl groups is 1. The van der Waals surface area contributed by atoms with Crippen LogP contribution in [0.2, 0.25) is 0 Å². The van der Waals surface area contributed by atoms with Crippen LogP contribution in [0.5, 0.6) is 0 Å². The summed E-state index contributed by atoms with van der Waals surface area (Å²) >= 11 is 0. The van der Waals surface area contributed by atoms with Crippen LogP contribution in [0.15, 0.2) is 30.3 Å². The molecule has 1 aliphatic rings. The molecule has 0 saturated carbocycles. The van der Waals surface area contributed by atoms with E-state index >= 15 is 0 Å². The van der Waals surface area contributed by atoms with Gasteiger partial charge in [-0.05, 0) is 44.2 Å². The maximum atomic E-state index is 12.4. The van der Waals surface area contributed by atoms with Gasteiger partial charge in [-0.25, -0.2) is 0 Å². The number of carbonyl (C=O) groups is 1. The van der Waals surface area contributed by atoms with Gasteiger partial charge >= 0.3 is 0 Å². The normalized spacial score (nSPS) is 21.6. The van der Waals surface area contributed by atoms with Crippen molar-refractivity contribution in [2.45, 2.75) is 51.7 Å². The summed E-state index contributed by atoms with van der Waals surface area (Å²) in [6.07, 6.45) is 3.80. The van der Waals surface area contributed by atoms with Crippen molar-refractivity contribution in [2.24, 2.45) is 5.92 Å². The molecule has 0 aromatic heterocycles. The van der Waals surface area contributed by atoms with Crippen molar-refractivity contribution in [1.29, 1.82) is 0 Å². The first-order valence-electron chi connectivity index (χ1n) is 8.85. The van der Waals surface area contributed by atoms with Crippen LogP contribution in [0, 0.1) is 5.92 Å². The average Bonchev–Trinajstić information content (AvgIpc) is 2.55. The number of carbonyl (C=O) groups excluding carboxylic acids is 1. The van der Waals surface area contributed by atoms with Crippen molar-refractivity contribution in [3.8, 4) is 0 Å². The molecule has 1 aromatic rings. The van der Waals surface area contributed by atoms with Crippen molar-refractivity contribution in [3.63, 3.8) is 0 Å². The van der Waals surface area contributed by atoms with E-state index in [1.54, 1.807) is 0 Å². The molecule has 23 heavy (non-hydrogen) atoms. The highest BCUT2D eigenvalue weighted by Gasteiger charge is 2.25. The standard InChI is InChI=1S/C19H30N2O2/c1-3-8-18(16-9-5-4-6-10-16)20-19(23)14-21-12-7-11-17(13-21)15(2)22/h4-6,9-10,15,17-18,22H,3,7-8,11-14H2,1-2H3,(H,20,23). The van der Waals surface area contributed by atoms with Crippen LogP contribution < -0.4 is 5.32 Å². The van der Waals surface area contributed by atoms with E-state index in [2.05, 4.69) is 29.3 Å². The zero-order chi connectivity index (χ0) is 16.7. The number of hydrogen-bond donors (Lipinski definition) is 2. The molecule has 1 heterocycles. The van der Waals surface area contributed by atoms with Gasteiger partial charge in [-0.3, -0.25) is 9.69 Å². The average molecular weight is 318 g/mol. The third-order valence-electron chi connectivity index (χ3n) is 4.71. The number of amides is 1. The molecule has 2 N–H and O–H groups in total. The summed E-state index contributed by atoms with van der Waals surface area (Å²) < 4.78 is 0. The Morgan fingerprint density at radius 2 is 2.13 bits per heavy atom. The van der Waals surface area contributed by atoms with E-state index in [4.69, 9.17) is 0 Å². The highest BCUT2D eigenvalue weighted by molar-refractivity contribution is 5.78. The lowest BCUT2D eigenvalue weighted by Crippen LogP contribution is -2.45. The Labute approximate surface area is 139 Å². The smallest absolute Gasteiger partial charge is 0.234 e. The summed E-state index contributed by atoms with van der Waals surface area (Å²) in [4.78, 5) is 14.6. The number of piperidine rings is 1. The minimum absolute atomic E-state index is 0.0820. The van der Waals surface area contributed by atoms with Gasteiger partial charge in [0.25, 0.3) is 0 Å². The zero-order valence-corrected chi connectivity index (χ0v) is 14.4. The number of aliphatic hydroxyl groups excluding tert-OH is 1. The van der Waals surface area contributed by atoms with E-state index in [-0.39, 0.29) is 24.0 Å². The van der Waals surface area contributed by atoms with Crippen LogP contribution in [0.25, 0.3) is 0 Å². The molecule has 4 nitrogen and oxygen atoms in total. The van der Waals surface area contributed by atoms with Gasteiger partial charge in [0, 0.05) is 6.54 Å². The van der Waals surface area contributed by atoms with E-state index in [0.29, 0.717) is 6.54 Å². The Morgan fingerprint density at radius 1 is 1.39 bits per heavy atom. The lowest BCUT2D eigenvalue weighted by atomic mass is 9.93. The second kappa shape index (κ2) is 9.04. The first-order chi connectivity index (χ1) is 11.1. The van der Waals surface area contributed by atoms with E-state index in [0.717, 1.165) is 38.8 Å². The third-order valence-corrected chi connectivity index (χ3v) is 4.71. The highest BCUT2D eigenvalue weighted by Crippen LogP contribution is 2.20. The molecule has 1 amide bonds. The molecule has 0 spiro atoms. The number of hydrogen-bond acceptors (Lipinski definition) is 3. The molecule has 1 fully saturated rings. The van der Waals surface area contributed by atoms with E-state index in [9.17, 15) is 9.90 Å². The lowest BCUT2D eigenvalue weighted by Gasteiger charge is -2.34. The fourth-order valence-corrected chi connectivity index (χ4v) is 3.37. The van der Waals surface area contributed by atoms with Crippen molar-refractivity contribution in [3.05, 3.63) is 35.9 Å². The van der Waals surface area contributed by atoms with Gasteiger partial charge in [0.05, 0.1) is 18.7 Å². The van der Waals surface area contributed by atoms with Crippen LogP contribution in [-0.2, 0) is 4.79 Å².